The molecule has 0 spiro atoms. The van der Waals surface area contributed by atoms with Crippen molar-refractivity contribution in [2.75, 3.05) is 39.4 Å². The first-order valence-electron chi connectivity index (χ1n) is 10.8. The number of nitrogens with zero attached hydrogens (tertiary/aromatic N) is 1. The second-order valence-corrected chi connectivity index (χ2v) is 8.67. The quantitative estimate of drug-likeness (QED) is 0.639. The monoisotopic (exact) mass is 457 g/mol. The van der Waals surface area contributed by atoms with E-state index in [1.165, 1.54) is 17.0 Å². The number of hydrogen-bond acceptors (Lipinski definition) is 4. The van der Waals surface area contributed by atoms with Crippen LogP contribution in [0.15, 0.2) is 51.7 Å². The Bertz CT molecular complexity index is 1220. The molecule has 8 heteroatoms. The molecule has 0 saturated carbocycles. The molecule has 1 N–H and O–H groups in total. The second kappa shape index (κ2) is 8.65. The van der Waals surface area contributed by atoms with Gasteiger partial charge < -0.3 is 19.0 Å². The minimum Gasteiger partial charge on any atom is -0.450 e. The normalized spacial score (nSPS) is 19.0. The molecule has 32 heavy (non-hydrogen) atoms. The Morgan fingerprint density at radius 1 is 1.09 bits per heavy atom. The fourth-order valence-corrected chi connectivity index (χ4v) is 4.80. The van der Waals surface area contributed by atoms with Crippen molar-refractivity contribution >= 4 is 28.5 Å². The topological polar surface area (TPSA) is 64.2 Å². The van der Waals surface area contributed by atoms with Gasteiger partial charge in [0.15, 0.2) is 5.43 Å². The Morgan fingerprint density at radius 2 is 1.84 bits per heavy atom. The zero-order chi connectivity index (χ0) is 22.2. The van der Waals surface area contributed by atoms with Gasteiger partial charge in [-0.05, 0) is 35.9 Å². The van der Waals surface area contributed by atoms with Gasteiger partial charge >= 0.3 is 0 Å². The lowest BCUT2D eigenvalue weighted by Crippen LogP contribution is -3.14. The van der Waals surface area contributed by atoms with Gasteiger partial charge in [-0.1, -0.05) is 23.7 Å². The van der Waals surface area contributed by atoms with E-state index in [0.29, 0.717) is 28.1 Å². The number of halogens is 2. The van der Waals surface area contributed by atoms with E-state index < -0.39 is 6.04 Å². The third-order valence-corrected chi connectivity index (χ3v) is 6.48. The number of ether oxygens (including phenoxy) is 1. The lowest BCUT2D eigenvalue weighted by Gasteiger charge is -2.27. The molecule has 1 aromatic heterocycles. The Hall–Kier alpha value is -2.74. The van der Waals surface area contributed by atoms with E-state index in [1.54, 1.807) is 35.2 Å². The summed E-state index contributed by atoms with van der Waals surface area (Å²) in [6.07, 6.45) is 0.770. The van der Waals surface area contributed by atoms with Crippen LogP contribution in [0, 0.1) is 5.82 Å². The fourth-order valence-electron chi connectivity index (χ4n) is 4.62. The van der Waals surface area contributed by atoms with Crippen molar-refractivity contribution in [3.63, 3.8) is 0 Å². The third kappa shape index (κ3) is 3.81. The van der Waals surface area contributed by atoms with Crippen LogP contribution >= 0.6 is 11.6 Å². The van der Waals surface area contributed by atoms with Gasteiger partial charge in [-0.25, -0.2) is 4.39 Å². The van der Waals surface area contributed by atoms with E-state index >= 15 is 0 Å². The van der Waals surface area contributed by atoms with Crippen molar-refractivity contribution in [1.29, 1.82) is 0 Å². The summed E-state index contributed by atoms with van der Waals surface area (Å²) >= 11 is 6.10. The maximum absolute atomic E-state index is 13.6. The largest absolute Gasteiger partial charge is 0.450 e. The molecule has 3 aromatic rings. The number of amides is 1. The van der Waals surface area contributed by atoms with Crippen molar-refractivity contribution in [2.24, 2.45) is 0 Å². The Kier molecular flexibility index (Phi) is 5.71. The molecule has 3 heterocycles. The van der Waals surface area contributed by atoms with Gasteiger partial charge in [0.2, 0.25) is 5.76 Å². The molecular formula is C24H23ClFN2O4+. The van der Waals surface area contributed by atoms with Crippen LogP contribution in [0.1, 0.15) is 34.1 Å². The van der Waals surface area contributed by atoms with Crippen LogP contribution < -0.4 is 10.3 Å². The van der Waals surface area contributed by atoms with Gasteiger partial charge in [-0.15, -0.1) is 0 Å². The number of fused-ring (bicyclic) bond motifs is 2. The molecule has 5 rings (SSSR count). The number of nitrogens with one attached hydrogen (secondary N) is 1. The number of carbonyl (C=O) groups excluding carboxylic acids is 1. The minimum absolute atomic E-state index is 0.0536. The molecule has 0 unspecified atom stereocenters. The number of carbonyl (C=O) groups is 1. The van der Waals surface area contributed by atoms with Crippen LogP contribution in [0.2, 0.25) is 5.02 Å². The fraction of sp³-hybridized carbons (Fsp3) is 0.333. The number of morpholine rings is 1. The van der Waals surface area contributed by atoms with Gasteiger partial charge in [0, 0.05) is 18.0 Å². The summed E-state index contributed by atoms with van der Waals surface area (Å²) < 4.78 is 24.9. The molecule has 0 aliphatic carbocycles. The predicted molar refractivity (Wildman–Crippen MR) is 118 cm³/mol. The second-order valence-electron chi connectivity index (χ2n) is 8.23. The van der Waals surface area contributed by atoms with Gasteiger partial charge in [0.05, 0.1) is 36.8 Å². The summed E-state index contributed by atoms with van der Waals surface area (Å²) in [7, 11) is 0. The Morgan fingerprint density at radius 3 is 2.59 bits per heavy atom. The van der Waals surface area contributed by atoms with Crippen LogP contribution in [-0.2, 0) is 4.74 Å². The Labute approximate surface area is 189 Å². The molecule has 2 aromatic carbocycles. The first-order valence-corrected chi connectivity index (χ1v) is 11.1. The molecule has 1 atom stereocenters. The van der Waals surface area contributed by atoms with Crippen LogP contribution in [0.5, 0.6) is 0 Å². The van der Waals surface area contributed by atoms with E-state index in [0.717, 1.165) is 39.3 Å². The van der Waals surface area contributed by atoms with Crippen molar-refractivity contribution in [2.45, 2.75) is 12.5 Å². The number of hydrogen-bond donors (Lipinski definition) is 1. The summed E-state index contributed by atoms with van der Waals surface area (Å²) in [4.78, 5) is 29.9. The predicted octanol–water partition coefficient (Wildman–Crippen LogP) is 2.44. The lowest BCUT2D eigenvalue weighted by molar-refractivity contribution is -0.908. The maximum Gasteiger partial charge on any atom is 0.290 e. The summed E-state index contributed by atoms with van der Waals surface area (Å²) in [5.41, 5.74) is 0.998. The smallest absolute Gasteiger partial charge is 0.290 e. The molecule has 1 saturated heterocycles. The highest BCUT2D eigenvalue weighted by atomic mass is 35.5. The molecule has 1 fully saturated rings. The highest BCUT2D eigenvalue weighted by Gasteiger charge is 2.42. The van der Waals surface area contributed by atoms with Crippen LogP contribution in [0.4, 0.5) is 4.39 Å². The van der Waals surface area contributed by atoms with Crippen LogP contribution in [-0.4, -0.2) is 50.2 Å². The lowest BCUT2D eigenvalue weighted by atomic mass is 9.98. The SMILES string of the molecule is O=C1c2oc3ccc(Cl)cc3c(=O)c2[C@@H](c2ccc(F)cc2)N1CCC[NH+]1CCOCC1. The van der Waals surface area contributed by atoms with Gasteiger partial charge in [0.1, 0.15) is 24.5 Å². The van der Waals surface area contributed by atoms with Crippen molar-refractivity contribution in [1.82, 2.24) is 4.90 Å². The van der Waals surface area contributed by atoms with E-state index in [-0.39, 0.29) is 28.5 Å². The molecule has 2 aliphatic heterocycles. The maximum atomic E-state index is 13.6. The highest BCUT2D eigenvalue weighted by molar-refractivity contribution is 6.31. The summed E-state index contributed by atoms with van der Waals surface area (Å²) in [6.45, 7) is 4.75. The molecular weight excluding hydrogens is 435 g/mol. The number of quaternary nitrogens is 1. The molecule has 166 valence electrons. The summed E-state index contributed by atoms with van der Waals surface area (Å²) in [5, 5.41) is 0.744. The van der Waals surface area contributed by atoms with Crippen LogP contribution in [0.25, 0.3) is 11.0 Å². The Balaban J connectivity index is 1.53. The van der Waals surface area contributed by atoms with Crippen molar-refractivity contribution < 1.29 is 23.2 Å². The van der Waals surface area contributed by atoms with Gasteiger partial charge in [-0.3, -0.25) is 9.59 Å². The molecule has 1 amide bonds. The summed E-state index contributed by atoms with van der Waals surface area (Å²) in [6, 6.07) is 10.1. The van der Waals surface area contributed by atoms with E-state index in [9.17, 15) is 14.0 Å². The summed E-state index contributed by atoms with van der Waals surface area (Å²) in [5.74, 6) is -0.642. The standard InChI is InChI=1S/C24H22ClFN2O4/c25-16-4-7-19-18(14-16)22(29)20-21(15-2-5-17(26)6-3-15)28(24(30)23(20)32-19)9-1-8-27-10-12-31-13-11-27/h2-7,14,21H,1,8-13H2/p+1/t21-/m1/s1. The first-order chi connectivity index (χ1) is 15.5. The molecule has 6 nitrogen and oxygen atoms in total. The molecule has 2 aliphatic rings. The van der Waals surface area contributed by atoms with E-state index in [1.807, 2.05) is 0 Å². The highest BCUT2D eigenvalue weighted by Crippen LogP contribution is 2.38. The first kappa shape index (κ1) is 21.1. The third-order valence-electron chi connectivity index (χ3n) is 6.24. The number of rotatable bonds is 5. The minimum atomic E-state index is -0.627. The zero-order valence-electron chi connectivity index (χ0n) is 17.4. The zero-order valence-corrected chi connectivity index (χ0v) is 18.2. The van der Waals surface area contributed by atoms with E-state index in [2.05, 4.69) is 0 Å². The van der Waals surface area contributed by atoms with E-state index in [4.69, 9.17) is 20.8 Å². The average molecular weight is 458 g/mol. The number of benzene rings is 2. The molecule has 0 radical (unpaired) electrons. The average Bonchev–Trinajstić information content (AvgIpc) is 3.08. The van der Waals surface area contributed by atoms with Gasteiger partial charge in [0.25, 0.3) is 5.91 Å². The molecule has 0 bridgehead atoms. The van der Waals surface area contributed by atoms with Crippen LogP contribution in [0.3, 0.4) is 0 Å². The van der Waals surface area contributed by atoms with Crippen molar-refractivity contribution in [3.05, 3.63) is 80.4 Å². The van der Waals surface area contributed by atoms with Crippen molar-refractivity contribution in [3.8, 4) is 0 Å². The van der Waals surface area contributed by atoms with Gasteiger partial charge in [-0.2, -0.15) is 0 Å².